The molecule has 3 N–H and O–H groups in total. The number of pyridine rings is 1. The van der Waals surface area contributed by atoms with Gasteiger partial charge in [-0.05, 0) is 66.8 Å². The van der Waals surface area contributed by atoms with Crippen molar-refractivity contribution in [2.24, 2.45) is 11.0 Å². The summed E-state index contributed by atoms with van der Waals surface area (Å²) in [6.07, 6.45) is 10.1. The molecule has 0 atom stereocenters. The molecule has 0 bridgehead atoms. The lowest BCUT2D eigenvalue weighted by atomic mass is 9.99. The molecular weight excluding hydrogens is 509 g/mol. The summed E-state index contributed by atoms with van der Waals surface area (Å²) < 4.78 is 14.9. The van der Waals surface area contributed by atoms with E-state index in [9.17, 15) is 19.1 Å². The molecule has 2 heterocycles. The highest BCUT2D eigenvalue weighted by atomic mass is 35.5. The Bertz CT molecular complexity index is 1400. The number of hydrogen-bond acceptors (Lipinski definition) is 6. The van der Waals surface area contributed by atoms with Crippen molar-refractivity contribution in [2.45, 2.75) is 12.8 Å². The molecule has 1 saturated heterocycles. The molecule has 8 nitrogen and oxygen atoms in total. The van der Waals surface area contributed by atoms with Crippen molar-refractivity contribution in [1.82, 2.24) is 9.99 Å². The maximum atomic E-state index is 14.9. The highest BCUT2D eigenvalue weighted by molar-refractivity contribution is 6.30. The molecule has 1 aliphatic heterocycles. The van der Waals surface area contributed by atoms with E-state index >= 15 is 0 Å². The lowest BCUT2D eigenvalue weighted by Gasteiger charge is -2.28. The number of nitrogens with zero attached hydrogens (tertiary/aromatic N) is 3. The molecule has 10 heteroatoms. The minimum absolute atomic E-state index is 0.0830. The van der Waals surface area contributed by atoms with Gasteiger partial charge in [0, 0.05) is 31.5 Å². The van der Waals surface area contributed by atoms with Gasteiger partial charge in [-0.2, -0.15) is 5.10 Å². The fourth-order valence-electron chi connectivity index (χ4n) is 3.92. The number of rotatable bonds is 7. The van der Waals surface area contributed by atoms with Crippen LogP contribution in [-0.4, -0.2) is 52.8 Å². The molecule has 4 rings (SSSR count). The summed E-state index contributed by atoms with van der Waals surface area (Å²) in [6, 6.07) is 11.8. The number of aromatic nitrogens is 1. The van der Waals surface area contributed by atoms with E-state index in [1.165, 1.54) is 42.7 Å². The predicted molar refractivity (Wildman–Crippen MR) is 145 cm³/mol. The van der Waals surface area contributed by atoms with Crippen LogP contribution in [0.25, 0.3) is 0 Å². The maximum Gasteiger partial charge on any atom is 0.258 e. The van der Waals surface area contributed by atoms with Crippen molar-refractivity contribution in [3.05, 3.63) is 87.8 Å². The first-order chi connectivity index (χ1) is 18.4. The Morgan fingerprint density at radius 3 is 2.55 bits per heavy atom. The molecule has 2 amide bonds. The van der Waals surface area contributed by atoms with Crippen LogP contribution in [0.5, 0.6) is 0 Å². The number of hydrogen-bond donors (Lipinski definition) is 3. The summed E-state index contributed by atoms with van der Waals surface area (Å²) in [6.45, 7) is 1.60. The number of hydrazone groups is 1. The largest absolute Gasteiger partial charge is 0.396 e. The zero-order valence-electron chi connectivity index (χ0n) is 20.3. The zero-order valence-corrected chi connectivity index (χ0v) is 21.1. The molecule has 0 spiro atoms. The quantitative estimate of drug-likeness (QED) is 0.308. The van der Waals surface area contributed by atoms with Crippen molar-refractivity contribution >= 4 is 41.1 Å². The molecule has 0 aliphatic carbocycles. The van der Waals surface area contributed by atoms with Gasteiger partial charge in [-0.15, -0.1) is 6.42 Å². The Balaban J connectivity index is 1.47. The van der Waals surface area contributed by atoms with Gasteiger partial charge >= 0.3 is 0 Å². The molecule has 1 fully saturated rings. The topological polar surface area (TPSA) is 107 Å². The average molecular weight is 534 g/mol. The number of halogens is 2. The summed E-state index contributed by atoms with van der Waals surface area (Å²) >= 11 is 5.84. The second-order valence-corrected chi connectivity index (χ2v) is 9.17. The SMILES string of the molecule is C#Cc1ccc(NC(=O)c2ccc(C=NN3CCC(CO)CC3)cc2F)c(C(=O)Nc2ccc(Cl)cn2)c1. The van der Waals surface area contributed by atoms with Gasteiger partial charge in [0.25, 0.3) is 11.8 Å². The molecule has 0 unspecified atom stereocenters. The normalized spacial score (nSPS) is 13.8. The van der Waals surface area contributed by atoms with Crippen LogP contribution in [-0.2, 0) is 0 Å². The van der Waals surface area contributed by atoms with E-state index in [-0.39, 0.29) is 29.2 Å². The van der Waals surface area contributed by atoms with Gasteiger partial charge in [0.2, 0.25) is 0 Å². The van der Waals surface area contributed by atoms with Gasteiger partial charge in [0.15, 0.2) is 0 Å². The average Bonchev–Trinajstić information content (AvgIpc) is 2.93. The summed E-state index contributed by atoms with van der Waals surface area (Å²) in [5.74, 6) is 0.961. The van der Waals surface area contributed by atoms with Crippen molar-refractivity contribution < 1.29 is 19.1 Å². The minimum Gasteiger partial charge on any atom is -0.396 e. The molecule has 0 radical (unpaired) electrons. The zero-order chi connectivity index (χ0) is 27.1. The van der Waals surface area contributed by atoms with E-state index in [4.69, 9.17) is 18.0 Å². The summed E-state index contributed by atoms with van der Waals surface area (Å²) in [5, 5.41) is 21.1. The first-order valence-corrected chi connectivity index (χ1v) is 12.3. The number of aliphatic hydroxyl groups excluding tert-OH is 1. The molecule has 3 aromatic rings. The molecule has 38 heavy (non-hydrogen) atoms. The lowest BCUT2D eigenvalue weighted by Crippen LogP contribution is -2.31. The third-order valence-corrected chi connectivity index (χ3v) is 6.33. The first kappa shape index (κ1) is 26.8. The van der Waals surface area contributed by atoms with Crippen LogP contribution in [0.3, 0.4) is 0 Å². The molecule has 1 aromatic heterocycles. The van der Waals surface area contributed by atoms with E-state index in [2.05, 4.69) is 26.6 Å². The van der Waals surface area contributed by atoms with Crippen molar-refractivity contribution in [1.29, 1.82) is 0 Å². The van der Waals surface area contributed by atoms with Gasteiger partial charge in [0.05, 0.1) is 28.1 Å². The number of terminal acetylenes is 1. The van der Waals surface area contributed by atoms with Crippen LogP contribution >= 0.6 is 11.6 Å². The maximum absolute atomic E-state index is 14.9. The van der Waals surface area contributed by atoms with Crippen LogP contribution in [0.15, 0.2) is 59.8 Å². The van der Waals surface area contributed by atoms with E-state index in [1.807, 2.05) is 5.01 Å². The standard InChI is InChI=1S/C28H25ClFN5O3/c1-2-18-4-7-25(23(13-18)28(38)34-26-8-5-21(29)16-31-26)33-27(37)22-6-3-20(14-24(22)30)15-32-35-11-9-19(17-36)10-12-35/h1,3-8,13-16,19,36H,9-12,17H2,(H,33,37)(H,31,34,38). The fourth-order valence-corrected chi connectivity index (χ4v) is 4.03. The van der Waals surface area contributed by atoms with Crippen LogP contribution in [0.4, 0.5) is 15.9 Å². The Hall–Kier alpha value is -4.26. The van der Waals surface area contributed by atoms with E-state index in [0.717, 1.165) is 12.8 Å². The van der Waals surface area contributed by atoms with Crippen LogP contribution < -0.4 is 10.6 Å². The second-order valence-electron chi connectivity index (χ2n) is 8.74. The summed E-state index contributed by atoms with van der Waals surface area (Å²) in [7, 11) is 0. The highest BCUT2D eigenvalue weighted by Crippen LogP contribution is 2.22. The Labute approximate surface area is 224 Å². The smallest absolute Gasteiger partial charge is 0.258 e. The minimum atomic E-state index is -0.734. The van der Waals surface area contributed by atoms with Crippen molar-refractivity contribution in [2.75, 3.05) is 30.3 Å². The number of benzene rings is 2. The molecular formula is C28H25ClFN5O3. The first-order valence-electron chi connectivity index (χ1n) is 11.9. The van der Waals surface area contributed by atoms with Crippen molar-refractivity contribution in [3.8, 4) is 12.3 Å². The summed E-state index contributed by atoms with van der Waals surface area (Å²) in [4.78, 5) is 29.9. The number of carbonyl (C=O) groups excluding carboxylic acids is 2. The van der Waals surface area contributed by atoms with Gasteiger partial charge in [-0.1, -0.05) is 23.6 Å². The number of aliphatic hydroxyl groups is 1. The number of piperidine rings is 1. The third kappa shape index (κ3) is 6.73. The van der Waals surface area contributed by atoms with Gasteiger partial charge < -0.3 is 15.7 Å². The molecule has 194 valence electrons. The molecule has 1 aliphatic rings. The number of carbonyl (C=O) groups is 2. The van der Waals surface area contributed by atoms with Gasteiger partial charge in [-0.3, -0.25) is 14.6 Å². The van der Waals surface area contributed by atoms with Crippen molar-refractivity contribution in [3.63, 3.8) is 0 Å². The number of amides is 2. The fraction of sp³-hybridized carbons (Fsp3) is 0.214. The molecule has 0 saturated carbocycles. The van der Waals surface area contributed by atoms with Crippen LogP contribution in [0.2, 0.25) is 5.02 Å². The predicted octanol–water partition coefficient (Wildman–Crippen LogP) is 4.40. The van der Waals surface area contributed by atoms with E-state index in [1.54, 1.807) is 18.2 Å². The lowest BCUT2D eigenvalue weighted by molar-refractivity contribution is 0.102. The Morgan fingerprint density at radius 1 is 1.13 bits per heavy atom. The van der Waals surface area contributed by atoms with Crippen LogP contribution in [0.1, 0.15) is 44.7 Å². The number of nitrogens with one attached hydrogen (secondary N) is 2. The monoisotopic (exact) mass is 533 g/mol. The van der Waals surface area contributed by atoms with E-state index < -0.39 is 17.6 Å². The molecule has 2 aromatic carbocycles. The van der Waals surface area contributed by atoms with E-state index in [0.29, 0.717) is 35.2 Å². The van der Waals surface area contributed by atoms with Gasteiger partial charge in [-0.25, -0.2) is 9.37 Å². The highest BCUT2D eigenvalue weighted by Gasteiger charge is 2.19. The van der Waals surface area contributed by atoms with Gasteiger partial charge in [0.1, 0.15) is 11.6 Å². The summed E-state index contributed by atoms with van der Waals surface area (Å²) in [5.41, 5.74) is 0.957. The third-order valence-electron chi connectivity index (χ3n) is 6.11. The second kappa shape index (κ2) is 12.3. The Morgan fingerprint density at radius 2 is 1.89 bits per heavy atom. The number of anilines is 2. The van der Waals surface area contributed by atoms with Crippen LogP contribution in [0, 0.1) is 24.1 Å². The Kier molecular flexibility index (Phi) is 8.69.